The average Bonchev–Trinajstić information content (AvgIpc) is 3.44. The molecule has 0 unspecified atom stereocenters. The lowest BCUT2D eigenvalue weighted by Crippen LogP contribution is -2.17. The standard InChI is InChI=1S/C26H23F3N4O3S/c1-3-36-25(35)22-16-6-4-5-7-19(16)37-24(22)31-23(34)18-13-21-30-17(15-10-8-14(2)9-11-15)12-20(26(27,28)29)33(21)32-18/h8-13H,3-7H2,1-2H3,(H,31,34). The molecule has 192 valence electrons. The van der Waals surface area contributed by atoms with Gasteiger partial charge in [0.2, 0.25) is 0 Å². The largest absolute Gasteiger partial charge is 0.462 e. The fourth-order valence-corrected chi connectivity index (χ4v) is 5.67. The van der Waals surface area contributed by atoms with Crippen LogP contribution in [0.1, 0.15) is 62.3 Å². The lowest BCUT2D eigenvalue weighted by Gasteiger charge is -2.12. The Hall–Kier alpha value is -3.73. The molecule has 3 heterocycles. The number of carbonyl (C=O) groups excluding carboxylic acids is 2. The number of ether oxygens (including phenoxy) is 1. The first-order valence-electron chi connectivity index (χ1n) is 11.8. The van der Waals surface area contributed by atoms with Crippen molar-refractivity contribution < 1.29 is 27.5 Å². The number of aryl methyl sites for hydroxylation is 2. The normalized spacial score (nSPS) is 13.4. The number of amides is 1. The van der Waals surface area contributed by atoms with E-state index in [1.165, 1.54) is 17.4 Å². The Bertz CT molecular complexity index is 1510. The van der Waals surface area contributed by atoms with Crippen LogP contribution in [0.25, 0.3) is 16.9 Å². The number of anilines is 1. The number of rotatable bonds is 5. The number of fused-ring (bicyclic) bond motifs is 2. The summed E-state index contributed by atoms with van der Waals surface area (Å²) < 4.78 is 47.7. The lowest BCUT2D eigenvalue weighted by atomic mass is 9.95. The second-order valence-corrected chi connectivity index (χ2v) is 9.88. The number of benzene rings is 1. The fraction of sp³-hybridized carbons (Fsp3) is 0.308. The van der Waals surface area contributed by atoms with Crippen molar-refractivity contribution >= 4 is 33.9 Å². The van der Waals surface area contributed by atoms with Crippen LogP contribution in [-0.4, -0.2) is 33.1 Å². The van der Waals surface area contributed by atoms with E-state index in [1.54, 1.807) is 31.2 Å². The number of nitrogens with zero attached hydrogens (tertiary/aromatic N) is 3. The summed E-state index contributed by atoms with van der Waals surface area (Å²) in [6, 6.07) is 9.07. The molecule has 4 aromatic rings. The Morgan fingerprint density at radius 2 is 1.86 bits per heavy atom. The highest BCUT2D eigenvalue weighted by Gasteiger charge is 2.36. The highest BCUT2D eigenvalue weighted by molar-refractivity contribution is 7.17. The van der Waals surface area contributed by atoms with Crippen LogP contribution in [0.3, 0.4) is 0 Å². The number of hydrogen-bond acceptors (Lipinski definition) is 6. The van der Waals surface area contributed by atoms with Crippen molar-refractivity contribution in [2.45, 2.75) is 45.7 Å². The molecule has 0 fully saturated rings. The molecule has 1 amide bonds. The van der Waals surface area contributed by atoms with Gasteiger partial charge in [-0.2, -0.15) is 18.3 Å². The highest BCUT2D eigenvalue weighted by atomic mass is 32.1. The van der Waals surface area contributed by atoms with Crippen molar-refractivity contribution in [1.29, 1.82) is 0 Å². The van der Waals surface area contributed by atoms with E-state index in [2.05, 4.69) is 15.4 Å². The molecule has 0 saturated carbocycles. The summed E-state index contributed by atoms with van der Waals surface area (Å²) in [6.45, 7) is 3.75. The van der Waals surface area contributed by atoms with Gasteiger partial charge in [-0.1, -0.05) is 29.8 Å². The van der Waals surface area contributed by atoms with E-state index in [9.17, 15) is 22.8 Å². The molecule has 1 aliphatic carbocycles. The highest BCUT2D eigenvalue weighted by Crippen LogP contribution is 2.39. The molecule has 1 aromatic carbocycles. The molecule has 0 radical (unpaired) electrons. The maximum atomic E-state index is 13.9. The molecule has 0 atom stereocenters. The van der Waals surface area contributed by atoms with Gasteiger partial charge < -0.3 is 10.1 Å². The number of hydrogen-bond donors (Lipinski definition) is 1. The van der Waals surface area contributed by atoms with Gasteiger partial charge in [-0.25, -0.2) is 14.3 Å². The molecule has 1 aliphatic rings. The van der Waals surface area contributed by atoms with Gasteiger partial charge in [-0.3, -0.25) is 4.79 Å². The van der Waals surface area contributed by atoms with Gasteiger partial charge in [0.05, 0.1) is 17.9 Å². The molecule has 0 bridgehead atoms. The smallest absolute Gasteiger partial charge is 0.433 e. The third-order valence-corrected chi connectivity index (χ3v) is 7.38. The number of esters is 1. The van der Waals surface area contributed by atoms with Crippen molar-refractivity contribution in [3.8, 4) is 11.3 Å². The van der Waals surface area contributed by atoms with Crippen molar-refractivity contribution in [2.75, 3.05) is 11.9 Å². The van der Waals surface area contributed by atoms with Gasteiger partial charge in [0.1, 0.15) is 5.00 Å². The van der Waals surface area contributed by atoms with Crippen LogP contribution in [0, 0.1) is 6.92 Å². The third-order valence-electron chi connectivity index (χ3n) is 6.18. The first-order valence-corrected chi connectivity index (χ1v) is 12.7. The van der Waals surface area contributed by atoms with Crippen molar-refractivity contribution in [1.82, 2.24) is 14.6 Å². The Balaban J connectivity index is 1.54. The van der Waals surface area contributed by atoms with Gasteiger partial charge in [0.25, 0.3) is 5.91 Å². The molecule has 0 saturated heterocycles. The van der Waals surface area contributed by atoms with Crippen LogP contribution < -0.4 is 5.32 Å². The van der Waals surface area contributed by atoms with Crippen molar-refractivity contribution in [2.24, 2.45) is 0 Å². The van der Waals surface area contributed by atoms with Crippen molar-refractivity contribution in [3.63, 3.8) is 0 Å². The summed E-state index contributed by atoms with van der Waals surface area (Å²) >= 11 is 1.29. The summed E-state index contributed by atoms with van der Waals surface area (Å²) in [5, 5.41) is 6.93. The van der Waals surface area contributed by atoms with Crippen LogP contribution in [0.2, 0.25) is 0 Å². The summed E-state index contributed by atoms with van der Waals surface area (Å²) in [4.78, 5) is 31.2. The minimum absolute atomic E-state index is 0.113. The first-order chi connectivity index (χ1) is 17.7. The number of carbonyl (C=O) groups is 2. The van der Waals surface area contributed by atoms with Crippen LogP contribution in [0.4, 0.5) is 18.2 Å². The SMILES string of the molecule is CCOC(=O)c1c(NC(=O)c2cc3nc(-c4ccc(C)cc4)cc(C(F)(F)F)n3n2)sc2c1CCCC2. The zero-order valence-electron chi connectivity index (χ0n) is 20.1. The van der Waals surface area contributed by atoms with Crippen LogP contribution in [0.5, 0.6) is 0 Å². The number of thiophene rings is 1. The van der Waals surface area contributed by atoms with Gasteiger partial charge in [-0.05, 0) is 51.2 Å². The predicted molar refractivity (Wildman–Crippen MR) is 133 cm³/mol. The first kappa shape index (κ1) is 24.9. The number of aromatic nitrogens is 3. The van der Waals surface area contributed by atoms with E-state index in [-0.39, 0.29) is 23.6 Å². The number of nitrogens with one attached hydrogen (secondary N) is 1. The number of alkyl halides is 3. The van der Waals surface area contributed by atoms with Gasteiger partial charge in [0.15, 0.2) is 17.0 Å². The van der Waals surface area contributed by atoms with Crippen LogP contribution in [-0.2, 0) is 23.8 Å². The van der Waals surface area contributed by atoms with Gasteiger partial charge in [-0.15, -0.1) is 11.3 Å². The second-order valence-electron chi connectivity index (χ2n) is 8.78. The van der Waals surface area contributed by atoms with Crippen LogP contribution >= 0.6 is 11.3 Å². The second kappa shape index (κ2) is 9.62. The Labute approximate surface area is 214 Å². The topological polar surface area (TPSA) is 85.6 Å². The third kappa shape index (κ3) is 4.83. The average molecular weight is 529 g/mol. The fourth-order valence-electron chi connectivity index (χ4n) is 4.40. The minimum Gasteiger partial charge on any atom is -0.462 e. The quantitative estimate of drug-likeness (QED) is 0.317. The zero-order chi connectivity index (χ0) is 26.3. The zero-order valence-corrected chi connectivity index (χ0v) is 20.9. The predicted octanol–water partition coefficient (Wildman–Crippen LogP) is 6.09. The molecule has 5 rings (SSSR count). The van der Waals surface area contributed by atoms with E-state index in [0.29, 0.717) is 27.1 Å². The van der Waals surface area contributed by atoms with E-state index >= 15 is 0 Å². The van der Waals surface area contributed by atoms with Crippen molar-refractivity contribution in [3.05, 3.63) is 69.4 Å². The summed E-state index contributed by atoms with van der Waals surface area (Å²) in [5.41, 5.74) is 1.34. The summed E-state index contributed by atoms with van der Waals surface area (Å²) in [5.74, 6) is -1.27. The van der Waals surface area contributed by atoms with Gasteiger partial charge >= 0.3 is 12.1 Å². The minimum atomic E-state index is -4.73. The molecule has 11 heteroatoms. The molecule has 37 heavy (non-hydrogen) atoms. The lowest BCUT2D eigenvalue weighted by molar-refractivity contribution is -0.142. The molecule has 7 nitrogen and oxygen atoms in total. The summed E-state index contributed by atoms with van der Waals surface area (Å²) in [7, 11) is 0. The summed E-state index contributed by atoms with van der Waals surface area (Å²) in [6.07, 6.45) is -1.34. The van der Waals surface area contributed by atoms with E-state index < -0.39 is 23.7 Å². The van der Waals surface area contributed by atoms with E-state index in [4.69, 9.17) is 4.74 Å². The molecular weight excluding hydrogens is 505 g/mol. The maximum Gasteiger partial charge on any atom is 0.433 e. The molecule has 1 N–H and O–H groups in total. The Morgan fingerprint density at radius 1 is 1.14 bits per heavy atom. The molecular formula is C26H23F3N4O3S. The van der Waals surface area contributed by atoms with Gasteiger partial charge in [0, 0.05) is 16.5 Å². The molecule has 3 aromatic heterocycles. The maximum absolute atomic E-state index is 13.9. The Morgan fingerprint density at radius 3 is 2.57 bits per heavy atom. The van der Waals surface area contributed by atoms with E-state index in [0.717, 1.165) is 41.3 Å². The number of halogens is 3. The monoisotopic (exact) mass is 528 g/mol. The van der Waals surface area contributed by atoms with Crippen LogP contribution in [0.15, 0.2) is 36.4 Å². The molecule has 0 aliphatic heterocycles. The Kier molecular flexibility index (Phi) is 6.49. The molecule has 0 spiro atoms. The van der Waals surface area contributed by atoms with E-state index in [1.807, 2.05) is 6.92 Å².